The molecule has 0 aliphatic heterocycles. The van der Waals surface area contributed by atoms with Crippen molar-refractivity contribution in [2.75, 3.05) is 19.0 Å². The molecule has 2 aromatic carbocycles. The number of guanidine groups is 1. The van der Waals surface area contributed by atoms with Crippen molar-refractivity contribution in [3.05, 3.63) is 65.0 Å². The van der Waals surface area contributed by atoms with Crippen LogP contribution in [0.2, 0.25) is 0 Å². The Balaban J connectivity index is 0.00000225. The van der Waals surface area contributed by atoms with Crippen LogP contribution in [-0.4, -0.2) is 19.6 Å². The van der Waals surface area contributed by atoms with Crippen LogP contribution in [0.25, 0.3) is 0 Å². The van der Waals surface area contributed by atoms with E-state index in [4.69, 9.17) is 10.5 Å². The maximum absolute atomic E-state index is 13.0. The van der Waals surface area contributed by atoms with Crippen molar-refractivity contribution < 1.29 is 9.13 Å². The van der Waals surface area contributed by atoms with Gasteiger partial charge in [-0.1, -0.05) is 18.2 Å². The smallest absolute Gasteiger partial charge is 0.193 e. The van der Waals surface area contributed by atoms with E-state index in [1.54, 1.807) is 19.2 Å². The molecule has 0 saturated carbocycles. The number of aryl methyl sites for hydroxylation is 2. The fourth-order valence-corrected chi connectivity index (χ4v) is 3.01. The first kappa shape index (κ1) is 19.7. The van der Waals surface area contributed by atoms with Gasteiger partial charge in [0.25, 0.3) is 0 Å². The number of rotatable bonds is 5. The number of anilines is 1. The normalized spacial score (nSPS) is 14.6. The summed E-state index contributed by atoms with van der Waals surface area (Å²) >= 11 is 0. The summed E-state index contributed by atoms with van der Waals surface area (Å²) in [7, 11) is 1.60. The van der Waals surface area contributed by atoms with Crippen LogP contribution in [0.5, 0.6) is 0 Å². The number of methoxy groups -OCH3 is 1. The highest BCUT2D eigenvalue weighted by atomic mass is 127. The van der Waals surface area contributed by atoms with E-state index in [-0.39, 0.29) is 35.9 Å². The van der Waals surface area contributed by atoms with Crippen LogP contribution in [0, 0.1) is 5.82 Å². The number of hydrogen-bond acceptors (Lipinski definition) is 2. The molecule has 134 valence electrons. The standard InChI is InChI=1S/C19H22FN3O.HI/c1-24-18(14-5-8-16(20)9-6-14)12-22-19(21)23-17-10-7-13-3-2-4-15(13)11-17;/h5-11,18H,2-4,12H2,1H3,(H3,21,22,23);1H. The number of nitrogens with zero attached hydrogens (tertiary/aromatic N) is 1. The fourth-order valence-electron chi connectivity index (χ4n) is 3.01. The molecule has 25 heavy (non-hydrogen) atoms. The number of nitrogens with one attached hydrogen (secondary N) is 1. The Morgan fingerprint density at radius 3 is 2.64 bits per heavy atom. The lowest BCUT2D eigenvalue weighted by Crippen LogP contribution is -2.24. The van der Waals surface area contributed by atoms with Gasteiger partial charge in [-0.3, -0.25) is 4.99 Å². The van der Waals surface area contributed by atoms with E-state index in [0.29, 0.717) is 12.5 Å². The molecule has 0 spiro atoms. The molecular weight excluding hydrogens is 432 g/mol. The summed E-state index contributed by atoms with van der Waals surface area (Å²) in [5.74, 6) is 0.0759. The van der Waals surface area contributed by atoms with Crippen LogP contribution in [-0.2, 0) is 17.6 Å². The minimum absolute atomic E-state index is 0. The Bertz CT molecular complexity index is 734. The Morgan fingerprint density at radius 1 is 1.20 bits per heavy atom. The zero-order chi connectivity index (χ0) is 16.9. The summed E-state index contributed by atoms with van der Waals surface area (Å²) in [6.07, 6.45) is 3.24. The minimum Gasteiger partial charge on any atom is -0.375 e. The van der Waals surface area contributed by atoms with Gasteiger partial charge in [-0.25, -0.2) is 4.39 Å². The number of hydrogen-bond donors (Lipinski definition) is 2. The molecule has 1 unspecified atom stereocenters. The molecule has 0 radical (unpaired) electrons. The molecule has 3 rings (SSSR count). The maximum Gasteiger partial charge on any atom is 0.193 e. The highest BCUT2D eigenvalue weighted by Crippen LogP contribution is 2.24. The summed E-state index contributed by atoms with van der Waals surface area (Å²) in [5, 5.41) is 3.12. The molecule has 1 aliphatic carbocycles. The number of fused-ring (bicyclic) bond motifs is 1. The molecule has 4 nitrogen and oxygen atoms in total. The average Bonchev–Trinajstić information content (AvgIpc) is 3.04. The van der Waals surface area contributed by atoms with Gasteiger partial charge >= 0.3 is 0 Å². The van der Waals surface area contributed by atoms with E-state index < -0.39 is 0 Å². The van der Waals surface area contributed by atoms with Crippen LogP contribution >= 0.6 is 24.0 Å². The molecule has 0 fully saturated rings. The van der Waals surface area contributed by atoms with Gasteiger partial charge in [0.1, 0.15) is 11.9 Å². The van der Waals surface area contributed by atoms with Gasteiger partial charge in [0.15, 0.2) is 5.96 Å². The lowest BCUT2D eigenvalue weighted by molar-refractivity contribution is 0.111. The third-order valence-electron chi connectivity index (χ3n) is 4.32. The van der Waals surface area contributed by atoms with Crippen LogP contribution in [0.3, 0.4) is 0 Å². The van der Waals surface area contributed by atoms with Gasteiger partial charge in [0.05, 0.1) is 6.54 Å². The molecule has 2 aromatic rings. The SMILES string of the molecule is COC(CN=C(N)Nc1ccc2c(c1)CCC2)c1ccc(F)cc1.I. The molecule has 3 N–H and O–H groups in total. The Hall–Kier alpha value is -1.67. The molecule has 0 saturated heterocycles. The summed E-state index contributed by atoms with van der Waals surface area (Å²) < 4.78 is 18.4. The second-order valence-corrected chi connectivity index (χ2v) is 5.96. The average molecular weight is 455 g/mol. The predicted molar refractivity (Wildman–Crippen MR) is 110 cm³/mol. The first-order valence-electron chi connectivity index (χ1n) is 8.12. The number of benzene rings is 2. The van der Waals surface area contributed by atoms with Gasteiger partial charge < -0.3 is 15.8 Å². The summed E-state index contributed by atoms with van der Waals surface area (Å²) in [4.78, 5) is 4.35. The third-order valence-corrected chi connectivity index (χ3v) is 4.32. The summed E-state index contributed by atoms with van der Waals surface area (Å²) in [5.41, 5.74) is 10.6. The van der Waals surface area contributed by atoms with E-state index in [1.165, 1.54) is 29.7 Å². The van der Waals surface area contributed by atoms with Gasteiger partial charge in [-0.05, 0) is 60.2 Å². The Labute approximate surface area is 164 Å². The van der Waals surface area contributed by atoms with Gasteiger partial charge in [0.2, 0.25) is 0 Å². The summed E-state index contributed by atoms with van der Waals surface area (Å²) in [6, 6.07) is 12.5. The highest BCUT2D eigenvalue weighted by molar-refractivity contribution is 14.0. The predicted octanol–water partition coefficient (Wildman–Crippen LogP) is 4.05. The molecular formula is C19H23FIN3O. The Morgan fingerprint density at radius 2 is 1.92 bits per heavy atom. The third kappa shape index (κ3) is 5.15. The van der Waals surface area contributed by atoms with Gasteiger partial charge in [-0.15, -0.1) is 24.0 Å². The summed E-state index contributed by atoms with van der Waals surface area (Å²) in [6.45, 7) is 0.367. The maximum atomic E-state index is 13.0. The number of nitrogens with two attached hydrogens (primary N) is 1. The molecule has 0 aromatic heterocycles. The van der Waals surface area contributed by atoms with Crippen LogP contribution < -0.4 is 11.1 Å². The van der Waals surface area contributed by atoms with Crippen LogP contribution in [0.15, 0.2) is 47.5 Å². The lowest BCUT2D eigenvalue weighted by atomic mass is 10.1. The van der Waals surface area contributed by atoms with Crippen molar-refractivity contribution in [2.24, 2.45) is 10.7 Å². The van der Waals surface area contributed by atoms with E-state index in [0.717, 1.165) is 24.1 Å². The second kappa shape index (κ2) is 9.15. The molecule has 0 heterocycles. The van der Waals surface area contributed by atoms with Gasteiger partial charge in [-0.2, -0.15) is 0 Å². The van der Waals surface area contributed by atoms with Crippen molar-refractivity contribution in [3.63, 3.8) is 0 Å². The molecule has 1 aliphatic rings. The zero-order valence-corrected chi connectivity index (χ0v) is 16.5. The number of halogens is 2. The lowest BCUT2D eigenvalue weighted by Gasteiger charge is -2.14. The molecule has 6 heteroatoms. The van der Waals surface area contributed by atoms with Crippen molar-refractivity contribution in [1.82, 2.24) is 0 Å². The van der Waals surface area contributed by atoms with E-state index in [2.05, 4.69) is 22.4 Å². The monoisotopic (exact) mass is 455 g/mol. The van der Waals surface area contributed by atoms with Crippen molar-refractivity contribution >= 4 is 35.6 Å². The van der Waals surface area contributed by atoms with E-state index in [9.17, 15) is 4.39 Å². The quantitative estimate of drug-likeness (QED) is 0.407. The zero-order valence-electron chi connectivity index (χ0n) is 14.2. The number of aliphatic imine (C=N–C) groups is 1. The second-order valence-electron chi connectivity index (χ2n) is 5.96. The van der Waals surface area contributed by atoms with Crippen molar-refractivity contribution in [3.8, 4) is 0 Å². The van der Waals surface area contributed by atoms with Crippen LogP contribution in [0.4, 0.5) is 10.1 Å². The fraction of sp³-hybridized carbons (Fsp3) is 0.316. The first-order chi connectivity index (χ1) is 11.7. The van der Waals surface area contributed by atoms with E-state index in [1.807, 2.05) is 6.07 Å². The highest BCUT2D eigenvalue weighted by Gasteiger charge is 2.12. The van der Waals surface area contributed by atoms with Gasteiger partial charge in [0, 0.05) is 12.8 Å². The number of ether oxygens (including phenoxy) is 1. The largest absolute Gasteiger partial charge is 0.375 e. The van der Waals surface area contributed by atoms with Crippen molar-refractivity contribution in [1.29, 1.82) is 0 Å². The molecule has 0 amide bonds. The van der Waals surface area contributed by atoms with E-state index >= 15 is 0 Å². The Kier molecular flexibility index (Phi) is 7.19. The minimum atomic E-state index is -0.269. The first-order valence-corrected chi connectivity index (χ1v) is 8.12. The molecule has 1 atom stereocenters. The van der Waals surface area contributed by atoms with Crippen molar-refractivity contribution in [2.45, 2.75) is 25.4 Å². The van der Waals surface area contributed by atoms with Crippen LogP contribution in [0.1, 0.15) is 29.2 Å². The molecule has 0 bridgehead atoms. The topological polar surface area (TPSA) is 59.6 Å².